The average Bonchev–Trinajstić information content (AvgIpc) is 3.27. The van der Waals surface area contributed by atoms with Crippen LogP contribution in [0.3, 0.4) is 0 Å². The van der Waals surface area contributed by atoms with E-state index >= 15 is 0 Å². The smallest absolute Gasteiger partial charge is 0.332 e. The number of nitrogens with one attached hydrogen (secondary N) is 2. The van der Waals surface area contributed by atoms with Crippen LogP contribution >= 0.6 is 11.6 Å². The van der Waals surface area contributed by atoms with E-state index in [9.17, 15) is 28.3 Å². The predicted octanol–water partition coefficient (Wildman–Crippen LogP) is 3.05. The third-order valence-electron chi connectivity index (χ3n) is 5.88. The van der Waals surface area contributed by atoms with Crippen LogP contribution in [0.2, 0.25) is 5.02 Å². The summed E-state index contributed by atoms with van der Waals surface area (Å²) in [5.41, 5.74) is -0.588. The standard InChI is InChI=1S/C26H23ClF2N4O7/c1-12(35)14-6-13(9-34)31-25-24(14)32-26(37)33(25)18-8-21(20(7-16(18)27)40-11-22(36)30-2)39-10-15-19(38-3)5-4-17(28)23(15)29/h4-8,34H,9-11H2,1-3H3,(H,30,36)(H,32,37). The Hall–Kier alpha value is -4.49. The number of nitrogens with zero attached hydrogens (tertiary/aromatic N) is 2. The first-order chi connectivity index (χ1) is 19.1. The van der Waals surface area contributed by atoms with Crippen molar-refractivity contribution in [3.8, 4) is 22.9 Å². The minimum Gasteiger partial charge on any atom is -0.496 e. The van der Waals surface area contributed by atoms with Crippen LogP contribution in [-0.4, -0.2) is 52.1 Å². The lowest BCUT2D eigenvalue weighted by atomic mass is 10.1. The number of imidazole rings is 1. The number of likely N-dealkylation sites (N-methyl/N-ethyl adjacent to an activating group) is 1. The molecule has 4 rings (SSSR count). The minimum atomic E-state index is -1.19. The van der Waals surface area contributed by atoms with Crippen LogP contribution in [0.1, 0.15) is 28.5 Å². The number of hydrogen-bond donors (Lipinski definition) is 3. The lowest BCUT2D eigenvalue weighted by molar-refractivity contribution is -0.122. The normalized spacial score (nSPS) is 11.0. The molecule has 0 bridgehead atoms. The lowest BCUT2D eigenvalue weighted by Crippen LogP contribution is -2.25. The summed E-state index contributed by atoms with van der Waals surface area (Å²) < 4.78 is 46.0. The maximum absolute atomic E-state index is 14.6. The highest BCUT2D eigenvalue weighted by molar-refractivity contribution is 6.32. The zero-order chi connectivity index (χ0) is 29.1. The molecule has 0 aliphatic rings. The third-order valence-corrected chi connectivity index (χ3v) is 6.18. The summed E-state index contributed by atoms with van der Waals surface area (Å²) in [4.78, 5) is 43.9. The van der Waals surface area contributed by atoms with Gasteiger partial charge in [0.05, 0.1) is 41.2 Å². The van der Waals surface area contributed by atoms with E-state index < -0.39 is 43.1 Å². The van der Waals surface area contributed by atoms with Gasteiger partial charge in [0.25, 0.3) is 5.91 Å². The molecule has 0 saturated carbocycles. The Morgan fingerprint density at radius 2 is 1.88 bits per heavy atom. The number of ketones is 1. The van der Waals surface area contributed by atoms with E-state index in [4.69, 9.17) is 25.8 Å². The van der Waals surface area contributed by atoms with E-state index in [0.717, 1.165) is 10.6 Å². The van der Waals surface area contributed by atoms with Crippen molar-refractivity contribution in [2.45, 2.75) is 20.1 Å². The first-order valence-electron chi connectivity index (χ1n) is 11.7. The third kappa shape index (κ3) is 5.46. The number of benzene rings is 2. The number of methoxy groups -OCH3 is 1. The number of aliphatic hydroxyl groups excluding tert-OH is 1. The van der Waals surface area contributed by atoms with E-state index in [2.05, 4.69) is 15.3 Å². The van der Waals surface area contributed by atoms with Gasteiger partial charge in [-0.3, -0.25) is 9.59 Å². The minimum absolute atomic E-state index is 0.00790. The van der Waals surface area contributed by atoms with Gasteiger partial charge in [-0.25, -0.2) is 23.1 Å². The summed E-state index contributed by atoms with van der Waals surface area (Å²) in [7, 11) is 2.69. The highest BCUT2D eigenvalue weighted by Gasteiger charge is 2.22. The number of aromatic nitrogens is 3. The van der Waals surface area contributed by atoms with Gasteiger partial charge < -0.3 is 29.6 Å². The fourth-order valence-corrected chi connectivity index (χ4v) is 4.14. The number of fused-ring (bicyclic) bond motifs is 1. The Labute approximate surface area is 230 Å². The van der Waals surface area contributed by atoms with Gasteiger partial charge in [-0.15, -0.1) is 0 Å². The van der Waals surface area contributed by atoms with E-state index in [1.807, 2.05) is 0 Å². The first-order valence-corrected chi connectivity index (χ1v) is 12.0. The predicted molar refractivity (Wildman–Crippen MR) is 139 cm³/mol. The van der Waals surface area contributed by atoms with E-state index in [-0.39, 0.29) is 61.7 Å². The van der Waals surface area contributed by atoms with Gasteiger partial charge in [0.1, 0.15) is 12.4 Å². The summed E-state index contributed by atoms with van der Waals surface area (Å²) in [6.45, 7) is -0.182. The van der Waals surface area contributed by atoms with Crippen LogP contribution in [0.5, 0.6) is 17.2 Å². The number of carbonyl (C=O) groups is 2. The summed E-state index contributed by atoms with van der Waals surface area (Å²) in [6, 6.07) is 6.04. The molecule has 2 aromatic heterocycles. The Kier molecular flexibility index (Phi) is 8.35. The molecule has 210 valence electrons. The highest BCUT2D eigenvalue weighted by atomic mass is 35.5. The topological polar surface area (TPSA) is 145 Å². The van der Waals surface area contributed by atoms with Crippen molar-refractivity contribution in [3.05, 3.63) is 74.3 Å². The van der Waals surface area contributed by atoms with Gasteiger partial charge in [0, 0.05) is 24.7 Å². The molecule has 0 aliphatic heterocycles. The van der Waals surface area contributed by atoms with Crippen LogP contribution in [0.25, 0.3) is 16.9 Å². The first kappa shape index (κ1) is 28.5. The number of carbonyl (C=O) groups excluding carboxylic acids is 2. The van der Waals surface area contributed by atoms with E-state index in [1.54, 1.807) is 0 Å². The fourth-order valence-electron chi connectivity index (χ4n) is 3.90. The maximum atomic E-state index is 14.6. The summed E-state index contributed by atoms with van der Waals surface area (Å²) in [6.07, 6.45) is 0. The number of ether oxygens (including phenoxy) is 3. The largest absolute Gasteiger partial charge is 0.496 e. The van der Waals surface area contributed by atoms with Gasteiger partial charge in [-0.1, -0.05) is 11.6 Å². The summed E-state index contributed by atoms with van der Waals surface area (Å²) >= 11 is 6.52. The number of H-pyrrole nitrogens is 1. The van der Waals surface area contributed by atoms with Crippen molar-refractivity contribution in [1.82, 2.24) is 19.9 Å². The summed E-state index contributed by atoms with van der Waals surface area (Å²) in [5, 5.41) is 12.0. The van der Waals surface area contributed by atoms with Crippen LogP contribution in [0.15, 0.2) is 35.1 Å². The molecular formula is C26H23ClF2N4O7. The number of rotatable bonds is 10. The number of amides is 1. The molecule has 0 atom stereocenters. The molecule has 2 aromatic carbocycles. The number of halogens is 3. The molecule has 14 heteroatoms. The molecule has 4 aromatic rings. The van der Waals surface area contributed by atoms with Crippen molar-refractivity contribution >= 4 is 34.5 Å². The molecule has 40 heavy (non-hydrogen) atoms. The molecule has 2 heterocycles. The van der Waals surface area contributed by atoms with Crippen molar-refractivity contribution in [2.75, 3.05) is 20.8 Å². The van der Waals surface area contributed by atoms with Gasteiger partial charge in [-0.05, 0) is 25.1 Å². The van der Waals surface area contributed by atoms with Crippen molar-refractivity contribution in [3.63, 3.8) is 0 Å². The van der Waals surface area contributed by atoms with Crippen molar-refractivity contribution < 1.29 is 37.7 Å². The van der Waals surface area contributed by atoms with Crippen molar-refractivity contribution in [1.29, 1.82) is 0 Å². The average molecular weight is 577 g/mol. The second-order valence-corrected chi connectivity index (χ2v) is 8.79. The molecule has 0 fully saturated rings. The van der Waals surface area contributed by atoms with Crippen LogP contribution in [0, 0.1) is 11.6 Å². The number of pyridine rings is 1. The zero-order valence-electron chi connectivity index (χ0n) is 21.4. The van der Waals surface area contributed by atoms with Crippen LogP contribution in [0.4, 0.5) is 8.78 Å². The Bertz CT molecular complexity index is 1690. The van der Waals surface area contributed by atoms with E-state index in [1.165, 1.54) is 45.3 Å². The Morgan fingerprint density at radius 3 is 2.52 bits per heavy atom. The highest BCUT2D eigenvalue weighted by Crippen LogP contribution is 2.37. The van der Waals surface area contributed by atoms with Gasteiger partial charge in [0.15, 0.2) is 41.2 Å². The molecule has 3 N–H and O–H groups in total. The maximum Gasteiger partial charge on any atom is 0.332 e. The van der Waals surface area contributed by atoms with Crippen LogP contribution in [-0.2, 0) is 18.0 Å². The number of hydrogen-bond acceptors (Lipinski definition) is 8. The molecule has 11 nitrogen and oxygen atoms in total. The SMILES string of the molecule is CNC(=O)COc1cc(Cl)c(-n2c(=O)[nH]c3c(C(C)=O)cc(CO)nc32)cc1OCc1c(OC)ccc(F)c1F. The molecule has 0 aliphatic carbocycles. The molecular weight excluding hydrogens is 554 g/mol. The Morgan fingerprint density at radius 1 is 1.15 bits per heavy atom. The Balaban J connectivity index is 1.88. The second kappa shape index (κ2) is 11.7. The van der Waals surface area contributed by atoms with Crippen molar-refractivity contribution in [2.24, 2.45) is 0 Å². The molecule has 0 unspecified atom stereocenters. The van der Waals surface area contributed by atoms with Gasteiger partial charge >= 0.3 is 5.69 Å². The number of aliphatic hydroxyl groups is 1. The quantitative estimate of drug-likeness (QED) is 0.244. The van der Waals surface area contributed by atoms with E-state index in [0.29, 0.717) is 0 Å². The van der Waals surface area contributed by atoms with Gasteiger partial charge in [0.2, 0.25) is 0 Å². The zero-order valence-corrected chi connectivity index (χ0v) is 22.2. The number of aromatic amines is 1. The molecule has 0 saturated heterocycles. The molecule has 0 radical (unpaired) electrons. The fraction of sp³-hybridized carbons (Fsp3) is 0.231. The van der Waals surface area contributed by atoms with Crippen LogP contribution < -0.4 is 25.2 Å². The number of Topliss-reactive ketones (excluding diaryl/α,β-unsaturated/α-hetero) is 1. The summed E-state index contributed by atoms with van der Waals surface area (Å²) in [5.74, 6) is -3.29. The van der Waals surface area contributed by atoms with Gasteiger partial charge in [-0.2, -0.15) is 0 Å². The second-order valence-electron chi connectivity index (χ2n) is 8.38. The molecule has 1 amide bonds. The lowest BCUT2D eigenvalue weighted by Gasteiger charge is -2.17. The molecule has 0 spiro atoms. The monoisotopic (exact) mass is 576 g/mol.